The predicted molar refractivity (Wildman–Crippen MR) is 90.5 cm³/mol. The summed E-state index contributed by atoms with van der Waals surface area (Å²) in [7, 11) is -3.05. The Morgan fingerprint density at radius 1 is 1.52 bits per heavy atom. The molecule has 1 fully saturated rings. The number of hydrogen-bond acceptors (Lipinski definition) is 5. The van der Waals surface area contributed by atoms with E-state index >= 15 is 0 Å². The van der Waals surface area contributed by atoms with Gasteiger partial charge in [-0.25, -0.2) is 8.42 Å². The average Bonchev–Trinajstić information content (AvgIpc) is 2.44. The van der Waals surface area contributed by atoms with Gasteiger partial charge in [-0.1, -0.05) is 23.7 Å². The molecule has 2 N–H and O–H groups in total. The highest BCUT2D eigenvalue weighted by Crippen LogP contribution is 2.23. The summed E-state index contributed by atoms with van der Waals surface area (Å²) < 4.78 is 23.7. The summed E-state index contributed by atoms with van der Waals surface area (Å²) in [5.41, 5.74) is 7.19. The Balaban J connectivity index is 1.97. The zero-order valence-electron chi connectivity index (χ0n) is 12.0. The van der Waals surface area contributed by atoms with E-state index in [-0.39, 0.29) is 11.4 Å². The molecule has 1 aliphatic rings. The summed E-state index contributed by atoms with van der Waals surface area (Å²) in [4.78, 5) is 2.04. The summed E-state index contributed by atoms with van der Waals surface area (Å²) in [5, 5.41) is 0.286. The highest BCUT2D eigenvalue weighted by molar-refractivity contribution is 8.00. The topological polar surface area (TPSA) is 63.4 Å². The molecule has 0 radical (unpaired) electrons. The Bertz CT molecular complexity index is 580. The van der Waals surface area contributed by atoms with Crippen molar-refractivity contribution in [3.05, 3.63) is 34.9 Å². The molecule has 1 heterocycles. The second kappa shape index (κ2) is 7.33. The van der Waals surface area contributed by atoms with Crippen molar-refractivity contribution in [1.82, 2.24) is 4.90 Å². The molecule has 21 heavy (non-hydrogen) atoms. The van der Waals surface area contributed by atoms with Gasteiger partial charge in [0.05, 0.1) is 0 Å². The van der Waals surface area contributed by atoms with Crippen LogP contribution in [-0.2, 0) is 9.84 Å². The van der Waals surface area contributed by atoms with Crippen molar-refractivity contribution in [2.45, 2.75) is 17.8 Å². The maximum absolute atomic E-state index is 11.9. The third-order valence-corrected chi connectivity index (χ3v) is 6.61. The lowest BCUT2D eigenvalue weighted by molar-refractivity contribution is 0.260. The van der Waals surface area contributed by atoms with Gasteiger partial charge in [-0.15, -0.1) is 0 Å². The molecule has 0 bridgehead atoms. The van der Waals surface area contributed by atoms with Crippen LogP contribution < -0.4 is 5.73 Å². The van der Waals surface area contributed by atoms with Gasteiger partial charge in [-0.3, -0.25) is 4.90 Å². The van der Waals surface area contributed by atoms with E-state index in [9.17, 15) is 8.42 Å². The Kier molecular flexibility index (Phi) is 5.96. The summed E-state index contributed by atoms with van der Waals surface area (Å²) >= 11 is 7.67. The number of halogens is 1. The number of hydrogen-bond donors (Lipinski definition) is 1. The Hall–Kier alpha value is -0.270. The highest BCUT2D eigenvalue weighted by atomic mass is 35.5. The fraction of sp³-hybridized carbons (Fsp3) is 0.571. The lowest BCUT2D eigenvalue weighted by atomic mass is 10.0. The molecular weight excluding hydrogens is 328 g/mol. The lowest BCUT2D eigenvalue weighted by Crippen LogP contribution is -2.47. The molecule has 0 spiro atoms. The van der Waals surface area contributed by atoms with Crippen LogP contribution in [0.25, 0.3) is 0 Å². The Morgan fingerprint density at radius 3 is 2.95 bits per heavy atom. The smallest absolute Gasteiger partial charge is 0.164 e. The lowest BCUT2D eigenvalue weighted by Gasteiger charge is -2.34. The molecule has 4 nitrogen and oxygen atoms in total. The quantitative estimate of drug-likeness (QED) is 0.883. The Labute approximate surface area is 135 Å². The second-order valence-corrected chi connectivity index (χ2v) is 9.13. The minimum absolute atomic E-state index is 0.126. The fourth-order valence-corrected chi connectivity index (χ4v) is 5.65. The first-order valence-corrected chi connectivity index (χ1v) is 10.4. The van der Waals surface area contributed by atoms with E-state index in [1.807, 2.05) is 29.2 Å². The zero-order chi connectivity index (χ0) is 15.5. The summed E-state index contributed by atoms with van der Waals surface area (Å²) in [6, 6.07) is 7.40. The van der Waals surface area contributed by atoms with Gasteiger partial charge < -0.3 is 5.73 Å². The third kappa shape index (κ3) is 4.86. The van der Waals surface area contributed by atoms with Crippen LogP contribution in [-0.4, -0.2) is 49.5 Å². The number of sulfone groups is 1. The molecule has 0 amide bonds. The van der Waals surface area contributed by atoms with E-state index in [1.165, 1.54) is 6.26 Å². The molecule has 118 valence electrons. The molecule has 2 atom stereocenters. The van der Waals surface area contributed by atoms with Crippen LogP contribution in [0.15, 0.2) is 24.3 Å². The van der Waals surface area contributed by atoms with Crippen molar-refractivity contribution in [3.63, 3.8) is 0 Å². The molecule has 0 aliphatic carbocycles. The molecule has 1 aromatic carbocycles. The largest absolute Gasteiger partial charge is 0.324 e. The molecule has 0 aromatic heterocycles. The van der Waals surface area contributed by atoms with Crippen molar-refractivity contribution in [3.8, 4) is 0 Å². The number of thioether (sulfide) groups is 1. The summed E-state index contributed by atoms with van der Waals surface area (Å²) in [6.07, 6.45) is 2.03. The zero-order valence-corrected chi connectivity index (χ0v) is 14.4. The van der Waals surface area contributed by atoms with Crippen molar-refractivity contribution in [1.29, 1.82) is 0 Å². The van der Waals surface area contributed by atoms with Crippen LogP contribution in [0.1, 0.15) is 18.0 Å². The van der Waals surface area contributed by atoms with Crippen LogP contribution >= 0.6 is 23.4 Å². The highest BCUT2D eigenvalue weighted by Gasteiger charge is 2.30. The first-order chi connectivity index (χ1) is 9.88. The van der Waals surface area contributed by atoms with E-state index in [0.29, 0.717) is 17.3 Å². The maximum atomic E-state index is 11.9. The Morgan fingerprint density at radius 2 is 2.29 bits per heavy atom. The number of benzene rings is 1. The van der Waals surface area contributed by atoms with Gasteiger partial charge in [0, 0.05) is 41.9 Å². The molecule has 2 rings (SSSR count). The van der Waals surface area contributed by atoms with E-state index < -0.39 is 9.84 Å². The normalized spacial score (nSPS) is 22.1. The molecule has 2 unspecified atom stereocenters. The van der Waals surface area contributed by atoms with Crippen LogP contribution in [0.3, 0.4) is 0 Å². The van der Waals surface area contributed by atoms with E-state index in [4.69, 9.17) is 17.3 Å². The summed E-state index contributed by atoms with van der Waals surface area (Å²) in [5.74, 6) is 1.61. The first kappa shape index (κ1) is 17.1. The monoisotopic (exact) mass is 348 g/mol. The van der Waals surface area contributed by atoms with Crippen molar-refractivity contribution in [2.75, 3.05) is 30.9 Å². The summed E-state index contributed by atoms with van der Waals surface area (Å²) in [6.45, 7) is 1.48. The molecule has 1 saturated heterocycles. The van der Waals surface area contributed by atoms with Gasteiger partial charge in [0.2, 0.25) is 0 Å². The van der Waals surface area contributed by atoms with E-state index in [1.54, 1.807) is 11.8 Å². The van der Waals surface area contributed by atoms with Crippen LogP contribution in [0, 0.1) is 0 Å². The van der Waals surface area contributed by atoms with Crippen LogP contribution in [0.5, 0.6) is 0 Å². The molecule has 7 heteroatoms. The molecule has 1 aliphatic heterocycles. The minimum Gasteiger partial charge on any atom is -0.324 e. The standard InChI is InChI=1S/C14H21ClN2O2S2/c1-21(18,19)14-10-20-8-7-17(14)6-5-13(16)11-3-2-4-12(15)9-11/h2-4,9,13-14H,5-8,10,16H2,1H3. The van der Waals surface area contributed by atoms with Gasteiger partial charge in [-0.2, -0.15) is 11.8 Å². The van der Waals surface area contributed by atoms with Crippen LogP contribution in [0.4, 0.5) is 0 Å². The van der Waals surface area contributed by atoms with Gasteiger partial charge in [0.25, 0.3) is 0 Å². The van der Waals surface area contributed by atoms with E-state index in [0.717, 1.165) is 24.3 Å². The number of rotatable bonds is 5. The van der Waals surface area contributed by atoms with Gasteiger partial charge in [-0.05, 0) is 24.1 Å². The minimum atomic E-state index is -3.05. The maximum Gasteiger partial charge on any atom is 0.164 e. The van der Waals surface area contributed by atoms with Crippen molar-refractivity contribution >= 4 is 33.2 Å². The SMILES string of the molecule is CS(=O)(=O)C1CSCCN1CCC(N)c1cccc(Cl)c1. The molecule has 0 saturated carbocycles. The molecule has 1 aromatic rings. The van der Waals surface area contributed by atoms with Crippen molar-refractivity contribution < 1.29 is 8.42 Å². The number of nitrogens with two attached hydrogens (primary N) is 1. The third-order valence-electron chi connectivity index (χ3n) is 3.69. The second-order valence-electron chi connectivity index (χ2n) is 5.35. The first-order valence-electron chi connectivity index (χ1n) is 6.89. The van der Waals surface area contributed by atoms with Gasteiger partial charge >= 0.3 is 0 Å². The molecular formula is C14H21ClN2O2S2. The van der Waals surface area contributed by atoms with Crippen LogP contribution in [0.2, 0.25) is 5.02 Å². The van der Waals surface area contributed by atoms with E-state index in [2.05, 4.69) is 0 Å². The van der Waals surface area contributed by atoms with Gasteiger partial charge in [0.1, 0.15) is 5.37 Å². The predicted octanol–water partition coefficient (Wildman–Crippen LogP) is 2.15. The number of nitrogens with zero attached hydrogens (tertiary/aromatic N) is 1. The van der Waals surface area contributed by atoms with Crippen molar-refractivity contribution in [2.24, 2.45) is 5.73 Å². The fourth-order valence-electron chi connectivity index (χ4n) is 2.47. The average molecular weight is 349 g/mol. The van der Waals surface area contributed by atoms with Gasteiger partial charge in [0.15, 0.2) is 9.84 Å².